The molecule has 1 unspecified atom stereocenters. The molecule has 2 heterocycles. The van der Waals surface area contributed by atoms with Crippen LogP contribution in [0.25, 0.3) is 0 Å². The minimum atomic E-state index is 0.754. The van der Waals surface area contributed by atoms with Crippen LogP contribution in [0.15, 0.2) is 18.2 Å². The number of hydrogen-bond acceptors (Lipinski definition) is 3. The van der Waals surface area contributed by atoms with E-state index >= 15 is 0 Å². The predicted octanol–water partition coefficient (Wildman–Crippen LogP) is 2.73. The summed E-state index contributed by atoms with van der Waals surface area (Å²) in [5.41, 5.74) is 2.47. The topological polar surface area (TPSA) is 18.5 Å². The van der Waals surface area contributed by atoms with Crippen molar-refractivity contribution in [1.29, 1.82) is 0 Å². The summed E-state index contributed by atoms with van der Waals surface area (Å²) in [6.45, 7) is 8.71. The summed E-state index contributed by atoms with van der Waals surface area (Å²) in [7, 11) is 0. The Morgan fingerprint density at radius 2 is 2.20 bits per heavy atom. The SMILES string of the molecule is CCNCc1ccc(N2CCN3CCCC3C2)cc1Cl. The van der Waals surface area contributed by atoms with E-state index in [0.717, 1.165) is 37.2 Å². The van der Waals surface area contributed by atoms with E-state index in [1.54, 1.807) is 0 Å². The third-order valence-corrected chi connectivity index (χ3v) is 4.91. The van der Waals surface area contributed by atoms with Crippen molar-refractivity contribution in [2.24, 2.45) is 0 Å². The lowest BCUT2D eigenvalue weighted by atomic mass is 10.1. The van der Waals surface area contributed by atoms with Gasteiger partial charge in [-0.15, -0.1) is 0 Å². The smallest absolute Gasteiger partial charge is 0.0471 e. The lowest BCUT2D eigenvalue weighted by molar-refractivity contribution is 0.231. The number of halogens is 1. The predicted molar refractivity (Wildman–Crippen MR) is 85.6 cm³/mol. The number of nitrogens with zero attached hydrogens (tertiary/aromatic N) is 2. The summed E-state index contributed by atoms with van der Waals surface area (Å²) in [6, 6.07) is 7.28. The zero-order chi connectivity index (χ0) is 13.9. The average Bonchev–Trinajstić information content (AvgIpc) is 2.93. The summed E-state index contributed by atoms with van der Waals surface area (Å²) in [5, 5.41) is 4.22. The van der Waals surface area contributed by atoms with E-state index in [1.165, 1.54) is 37.2 Å². The number of benzene rings is 1. The molecule has 0 radical (unpaired) electrons. The van der Waals surface area contributed by atoms with Gasteiger partial charge in [-0.3, -0.25) is 4.90 Å². The summed E-state index contributed by atoms with van der Waals surface area (Å²) >= 11 is 6.42. The molecule has 3 rings (SSSR count). The van der Waals surface area contributed by atoms with Crippen LogP contribution in [-0.4, -0.2) is 43.7 Å². The molecule has 0 aromatic heterocycles. The van der Waals surface area contributed by atoms with Gasteiger partial charge in [-0.2, -0.15) is 0 Å². The Balaban J connectivity index is 1.69. The molecule has 3 nitrogen and oxygen atoms in total. The zero-order valence-electron chi connectivity index (χ0n) is 12.2. The van der Waals surface area contributed by atoms with E-state index in [9.17, 15) is 0 Å². The van der Waals surface area contributed by atoms with Crippen LogP contribution in [0.3, 0.4) is 0 Å². The van der Waals surface area contributed by atoms with Gasteiger partial charge in [0.1, 0.15) is 0 Å². The van der Waals surface area contributed by atoms with Gasteiger partial charge in [0.2, 0.25) is 0 Å². The number of nitrogens with one attached hydrogen (secondary N) is 1. The van der Waals surface area contributed by atoms with Crippen LogP contribution in [-0.2, 0) is 6.54 Å². The van der Waals surface area contributed by atoms with Gasteiger partial charge in [0.15, 0.2) is 0 Å². The lowest BCUT2D eigenvalue weighted by Gasteiger charge is -2.39. The minimum Gasteiger partial charge on any atom is -0.369 e. The molecular weight excluding hydrogens is 270 g/mol. The molecule has 20 heavy (non-hydrogen) atoms. The van der Waals surface area contributed by atoms with Crippen molar-refractivity contribution in [1.82, 2.24) is 10.2 Å². The van der Waals surface area contributed by atoms with E-state index in [2.05, 4.69) is 40.2 Å². The third-order valence-electron chi connectivity index (χ3n) is 4.55. The van der Waals surface area contributed by atoms with Crippen molar-refractivity contribution in [3.8, 4) is 0 Å². The molecule has 2 saturated heterocycles. The average molecular weight is 294 g/mol. The second kappa shape index (κ2) is 6.33. The van der Waals surface area contributed by atoms with Crippen molar-refractivity contribution >= 4 is 17.3 Å². The molecule has 110 valence electrons. The van der Waals surface area contributed by atoms with Gasteiger partial charge in [-0.05, 0) is 43.6 Å². The van der Waals surface area contributed by atoms with Gasteiger partial charge in [-0.25, -0.2) is 0 Å². The van der Waals surface area contributed by atoms with Gasteiger partial charge >= 0.3 is 0 Å². The van der Waals surface area contributed by atoms with Crippen LogP contribution < -0.4 is 10.2 Å². The minimum absolute atomic E-state index is 0.754. The fraction of sp³-hybridized carbons (Fsp3) is 0.625. The van der Waals surface area contributed by atoms with Crippen LogP contribution in [0.5, 0.6) is 0 Å². The molecule has 0 bridgehead atoms. The maximum Gasteiger partial charge on any atom is 0.0471 e. The van der Waals surface area contributed by atoms with Crippen molar-refractivity contribution in [2.45, 2.75) is 32.4 Å². The van der Waals surface area contributed by atoms with Crippen LogP contribution in [0.2, 0.25) is 5.02 Å². The molecule has 1 atom stereocenters. The first-order chi connectivity index (χ1) is 9.78. The number of fused-ring (bicyclic) bond motifs is 1. The van der Waals surface area contributed by atoms with E-state index in [1.807, 2.05) is 0 Å². The van der Waals surface area contributed by atoms with Gasteiger partial charge in [0.25, 0.3) is 0 Å². The maximum absolute atomic E-state index is 6.42. The molecule has 4 heteroatoms. The zero-order valence-corrected chi connectivity index (χ0v) is 13.0. The fourth-order valence-corrected chi connectivity index (χ4v) is 3.60. The first-order valence-electron chi connectivity index (χ1n) is 7.76. The lowest BCUT2D eigenvalue weighted by Crippen LogP contribution is -2.50. The number of piperazine rings is 1. The Hall–Kier alpha value is -0.770. The number of anilines is 1. The molecule has 1 N–H and O–H groups in total. The first kappa shape index (κ1) is 14.2. The quantitative estimate of drug-likeness (QED) is 0.921. The Labute approximate surface area is 126 Å². The highest BCUT2D eigenvalue weighted by Gasteiger charge is 2.30. The largest absolute Gasteiger partial charge is 0.369 e. The molecule has 0 spiro atoms. The summed E-state index contributed by atoms with van der Waals surface area (Å²) in [4.78, 5) is 5.13. The monoisotopic (exact) mass is 293 g/mol. The Kier molecular flexibility index (Phi) is 4.49. The molecule has 2 aliphatic rings. The molecule has 0 saturated carbocycles. The van der Waals surface area contributed by atoms with E-state index < -0.39 is 0 Å². The molecule has 0 aliphatic carbocycles. The Bertz CT molecular complexity index is 463. The van der Waals surface area contributed by atoms with Crippen molar-refractivity contribution in [2.75, 3.05) is 37.6 Å². The van der Waals surface area contributed by atoms with E-state index in [-0.39, 0.29) is 0 Å². The summed E-state index contributed by atoms with van der Waals surface area (Å²) in [6.07, 6.45) is 2.71. The molecule has 2 aliphatic heterocycles. The highest BCUT2D eigenvalue weighted by Crippen LogP contribution is 2.28. The van der Waals surface area contributed by atoms with Gasteiger partial charge in [0.05, 0.1) is 0 Å². The molecule has 1 aromatic carbocycles. The van der Waals surface area contributed by atoms with Crippen molar-refractivity contribution in [3.63, 3.8) is 0 Å². The van der Waals surface area contributed by atoms with E-state index in [0.29, 0.717) is 0 Å². The highest BCUT2D eigenvalue weighted by atomic mass is 35.5. The van der Waals surface area contributed by atoms with Crippen LogP contribution in [0.1, 0.15) is 25.3 Å². The number of rotatable bonds is 4. The Morgan fingerprint density at radius 1 is 1.30 bits per heavy atom. The molecule has 0 amide bonds. The standard InChI is InChI=1S/C16H24ClN3/c1-2-18-11-13-5-6-14(10-16(13)17)20-9-8-19-7-3-4-15(19)12-20/h5-6,10,15,18H,2-4,7-9,11-12H2,1H3. The molecule has 2 fully saturated rings. The van der Waals surface area contributed by atoms with E-state index in [4.69, 9.17) is 11.6 Å². The third kappa shape index (κ3) is 2.95. The van der Waals surface area contributed by atoms with Gasteiger partial charge < -0.3 is 10.2 Å². The molecule has 1 aromatic rings. The fourth-order valence-electron chi connectivity index (χ4n) is 3.36. The molecular formula is C16H24ClN3. The highest BCUT2D eigenvalue weighted by molar-refractivity contribution is 6.31. The summed E-state index contributed by atoms with van der Waals surface area (Å²) < 4.78 is 0. The first-order valence-corrected chi connectivity index (χ1v) is 8.14. The van der Waals surface area contributed by atoms with Crippen LogP contribution in [0, 0.1) is 0 Å². The maximum atomic E-state index is 6.42. The second-order valence-electron chi connectivity index (χ2n) is 5.83. The summed E-state index contributed by atoms with van der Waals surface area (Å²) in [5.74, 6) is 0. The normalized spacial score (nSPS) is 23.1. The van der Waals surface area contributed by atoms with Gasteiger partial charge in [-0.1, -0.05) is 24.6 Å². The van der Waals surface area contributed by atoms with Crippen molar-refractivity contribution in [3.05, 3.63) is 28.8 Å². The Morgan fingerprint density at radius 3 is 3.00 bits per heavy atom. The van der Waals surface area contributed by atoms with Gasteiger partial charge in [0, 0.05) is 42.9 Å². The number of hydrogen-bond donors (Lipinski definition) is 1. The second-order valence-corrected chi connectivity index (χ2v) is 6.24. The van der Waals surface area contributed by atoms with Crippen LogP contribution in [0.4, 0.5) is 5.69 Å². The van der Waals surface area contributed by atoms with Crippen molar-refractivity contribution < 1.29 is 0 Å². The van der Waals surface area contributed by atoms with Crippen LogP contribution >= 0.6 is 11.6 Å².